The van der Waals surface area contributed by atoms with Gasteiger partial charge in [-0.25, -0.2) is 4.68 Å². The molecule has 0 saturated carbocycles. The normalized spacial score (nSPS) is 13.1. The van der Waals surface area contributed by atoms with E-state index in [1.54, 1.807) is 0 Å². The molecule has 17 heavy (non-hydrogen) atoms. The Labute approximate surface area is 105 Å². The number of rotatable bonds is 5. The van der Waals surface area contributed by atoms with Crippen molar-refractivity contribution in [2.45, 2.75) is 53.6 Å². The number of nitrogen functional groups attached to an aromatic ring is 1. The van der Waals surface area contributed by atoms with Crippen LogP contribution in [-0.4, -0.2) is 22.9 Å². The summed E-state index contributed by atoms with van der Waals surface area (Å²) in [7, 11) is 2.10. The summed E-state index contributed by atoms with van der Waals surface area (Å²) in [5.41, 5.74) is 7.86. The highest BCUT2D eigenvalue weighted by Gasteiger charge is 2.20. The van der Waals surface area contributed by atoms with Gasteiger partial charge in [0.15, 0.2) is 5.82 Å². The predicted molar refractivity (Wildman–Crippen MR) is 74.4 cm³/mol. The maximum Gasteiger partial charge on any atom is 0.150 e. The molecule has 0 bridgehead atoms. The number of hydrogen-bond acceptors (Lipinski definition) is 3. The van der Waals surface area contributed by atoms with Crippen molar-refractivity contribution in [1.29, 1.82) is 0 Å². The molecule has 0 aromatic carbocycles. The highest BCUT2D eigenvalue weighted by Crippen LogP contribution is 2.28. The average molecular weight is 238 g/mol. The van der Waals surface area contributed by atoms with Crippen LogP contribution >= 0.6 is 0 Å². The van der Waals surface area contributed by atoms with E-state index in [0.29, 0.717) is 12.0 Å². The fourth-order valence-corrected chi connectivity index (χ4v) is 2.22. The molecule has 0 amide bonds. The zero-order valence-electron chi connectivity index (χ0n) is 12.0. The second kappa shape index (κ2) is 5.43. The molecule has 0 aliphatic carbocycles. The lowest BCUT2D eigenvalue weighted by atomic mass is 10.0. The molecule has 0 radical (unpaired) electrons. The van der Waals surface area contributed by atoms with E-state index in [1.807, 2.05) is 11.6 Å². The van der Waals surface area contributed by atoms with E-state index in [4.69, 9.17) is 5.73 Å². The molecule has 0 aliphatic rings. The van der Waals surface area contributed by atoms with Gasteiger partial charge in [0.05, 0.1) is 11.4 Å². The molecule has 1 atom stereocenters. The monoisotopic (exact) mass is 238 g/mol. The molecule has 1 aromatic heterocycles. The molecule has 0 aliphatic heterocycles. The maximum absolute atomic E-state index is 6.12. The van der Waals surface area contributed by atoms with Gasteiger partial charge in [0.2, 0.25) is 0 Å². The minimum atomic E-state index is 0.471. The summed E-state index contributed by atoms with van der Waals surface area (Å²) in [4.78, 5) is 2.25. The zero-order chi connectivity index (χ0) is 13.2. The van der Waals surface area contributed by atoms with Crippen LogP contribution in [0.3, 0.4) is 0 Å². The number of aryl methyl sites for hydroxylation is 2. The van der Waals surface area contributed by atoms with E-state index in [9.17, 15) is 0 Å². The van der Waals surface area contributed by atoms with Gasteiger partial charge in [0.25, 0.3) is 0 Å². The number of nitrogens with zero attached hydrogens (tertiary/aromatic N) is 3. The van der Waals surface area contributed by atoms with Crippen LogP contribution in [0.1, 0.15) is 39.8 Å². The van der Waals surface area contributed by atoms with Crippen molar-refractivity contribution in [3.05, 3.63) is 5.69 Å². The average Bonchev–Trinajstić information content (AvgIpc) is 2.53. The minimum absolute atomic E-state index is 0.471. The second-order valence-corrected chi connectivity index (χ2v) is 5.23. The highest BCUT2D eigenvalue weighted by atomic mass is 15.4. The summed E-state index contributed by atoms with van der Waals surface area (Å²) in [5, 5.41) is 4.46. The largest absolute Gasteiger partial charge is 0.394 e. The van der Waals surface area contributed by atoms with Crippen LogP contribution < -0.4 is 10.6 Å². The fourth-order valence-electron chi connectivity index (χ4n) is 2.22. The molecule has 4 heteroatoms. The van der Waals surface area contributed by atoms with Crippen LogP contribution in [0.2, 0.25) is 0 Å². The van der Waals surface area contributed by atoms with Crippen molar-refractivity contribution in [3.8, 4) is 0 Å². The zero-order valence-corrected chi connectivity index (χ0v) is 12.0. The molecule has 1 heterocycles. The standard InChI is InChI=1S/C13H26N4/c1-7-17-13(12(14)11(5)15-17)16(6)10(4)8-9(2)3/h9-10H,7-8,14H2,1-6H3. The van der Waals surface area contributed by atoms with Crippen molar-refractivity contribution in [3.63, 3.8) is 0 Å². The Balaban J connectivity index is 2.98. The molecule has 98 valence electrons. The van der Waals surface area contributed by atoms with E-state index in [2.05, 4.69) is 44.7 Å². The van der Waals surface area contributed by atoms with Crippen molar-refractivity contribution >= 4 is 11.5 Å². The van der Waals surface area contributed by atoms with Gasteiger partial charge >= 0.3 is 0 Å². The Bertz CT molecular complexity index is 368. The molecule has 1 unspecified atom stereocenters. The first-order valence-corrected chi connectivity index (χ1v) is 6.44. The van der Waals surface area contributed by atoms with E-state index < -0.39 is 0 Å². The van der Waals surface area contributed by atoms with E-state index in [-0.39, 0.29) is 0 Å². The Morgan fingerprint density at radius 1 is 1.35 bits per heavy atom. The smallest absolute Gasteiger partial charge is 0.150 e. The van der Waals surface area contributed by atoms with E-state index >= 15 is 0 Å². The Morgan fingerprint density at radius 2 is 1.94 bits per heavy atom. The van der Waals surface area contributed by atoms with Crippen molar-refractivity contribution in [1.82, 2.24) is 9.78 Å². The third kappa shape index (κ3) is 2.93. The maximum atomic E-state index is 6.12. The topological polar surface area (TPSA) is 47.1 Å². The lowest BCUT2D eigenvalue weighted by Crippen LogP contribution is -2.32. The predicted octanol–water partition coefficient (Wildman–Crippen LogP) is 2.66. The van der Waals surface area contributed by atoms with Gasteiger partial charge in [-0.3, -0.25) is 0 Å². The quantitative estimate of drug-likeness (QED) is 0.858. The summed E-state index contributed by atoms with van der Waals surface area (Å²) in [5.74, 6) is 1.74. The molecule has 0 saturated heterocycles. The molecule has 1 aromatic rings. The first-order chi connectivity index (χ1) is 7.88. The Morgan fingerprint density at radius 3 is 2.41 bits per heavy atom. The van der Waals surface area contributed by atoms with Crippen LogP contribution in [0.25, 0.3) is 0 Å². The summed E-state index contributed by atoms with van der Waals surface area (Å²) >= 11 is 0. The molecule has 1 rings (SSSR count). The summed E-state index contributed by atoms with van der Waals surface area (Å²) in [6.07, 6.45) is 1.16. The van der Waals surface area contributed by atoms with E-state index in [1.165, 1.54) is 0 Å². The number of hydrogen-bond donors (Lipinski definition) is 1. The SMILES string of the molecule is CCn1nc(C)c(N)c1N(C)C(C)CC(C)C. The molecular formula is C13H26N4. The van der Waals surface area contributed by atoms with Crippen LogP contribution in [0.4, 0.5) is 11.5 Å². The number of aromatic nitrogens is 2. The second-order valence-electron chi connectivity index (χ2n) is 5.23. The highest BCUT2D eigenvalue weighted by molar-refractivity contribution is 5.66. The number of anilines is 2. The van der Waals surface area contributed by atoms with Crippen molar-refractivity contribution in [2.24, 2.45) is 5.92 Å². The minimum Gasteiger partial charge on any atom is -0.394 e. The van der Waals surface area contributed by atoms with E-state index in [0.717, 1.165) is 30.2 Å². The third-order valence-corrected chi connectivity index (χ3v) is 3.25. The lowest BCUT2D eigenvalue weighted by molar-refractivity contribution is 0.494. The van der Waals surface area contributed by atoms with Gasteiger partial charge in [-0.05, 0) is 33.1 Å². The van der Waals surface area contributed by atoms with Crippen LogP contribution in [0.5, 0.6) is 0 Å². The first kappa shape index (κ1) is 13.9. The Hall–Kier alpha value is -1.19. The Kier molecular flexibility index (Phi) is 4.43. The summed E-state index contributed by atoms with van der Waals surface area (Å²) in [6.45, 7) is 11.6. The third-order valence-electron chi connectivity index (χ3n) is 3.25. The lowest BCUT2D eigenvalue weighted by Gasteiger charge is -2.29. The van der Waals surface area contributed by atoms with Crippen molar-refractivity contribution < 1.29 is 0 Å². The van der Waals surface area contributed by atoms with Gasteiger partial charge in [0, 0.05) is 19.6 Å². The number of nitrogens with two attached hydrogens (primary N) is 1. The molecule has 4 nitrogen and oxygen atoms in total. The molecule has 0 fully saturated rings. The molecule has 2 N–H and O–H groups in total. The van der Waals surface area contributed by atoms with Gasteiger partial charge < -0.3 is 10.6 Å². The molecule has 0 spiro atoms. The van der Waals surface area contributed by atoms with Gasteiger partial charge in [0.1, 0.15) is 0 Å². The van der Waals surface area contributed by atoms with Gasteiger partial charge in [-0.15, -0.1) is 0 Å². The van der Waals surface area contributed by atoms with Gasteiger partial charge in [-0.1, -0.05) is 13.8 Å². The molecular weight excluding hydrogens is 212 g/mol. The van der Waals surface area contributed by atoms with Gasteiger partial charge in [-0.2, -0.15) is 5.10 Å². The van der Waals surface area contributed by atoms with Crippen LogP contribution in [0, 0.1) is 12.8 Å². The van der Waals surface area contributed by atoms with Crippen molar-refractivity contribution in [2.75, 3.05) is 17.7 Å². The summed E-state index contributed by atoms with van der Waals surface area (Å²) in [6, 6.07) is 0.471. The first-order valence-electron chi connectivity index (χ1n) is 6.44. The fraction of sp³-hybridized carbons (Fsp3) is 0.769. The van der Waals surface area contributed by atoms with Crippen LogP contribution in [-0.2, 0) is 6.54 Å². The van der Waals surface area contributed by atoms with Crippen LogP contribution in [0.15, 0.2) is 0 Å². The summed E-state index contributed by atoms with van der Waals surface area (Å²) < 4.78 is 1.99.